The second-order valence-corrected chi connectivity index (χ2v) is 9.19. The Labute approximate surface area is 195 Å². The molecule has 0 aliphatic carbocycles. The topological polar surface area (TPSA) is 76.2 Å². The van der Waals surface area contributed by atoms with Crippen LogP contribution in [0.2, 0.25) is 0 Å². The van der Waals surface area contributed by atoms with Gasteiger partial charge in [0.2, 0.25) is 0 Å². The Bertz CT molecular complexity index is 1070. The molecule has 0 fully saturated rings. The number of carbonyl (C=O) groups is 1. The lowest BCUT2D eigenvalue weighted by Gasteiger charge is -2.22. The van der Waals surface area contributed by atoms with E-state index >= 15 is 0 Å². The molecule has 1 aromatic carbocycles. The van der Waals surface area contributed by atoms with E-state index in [1.807, 2.05) is 6.07 Å². The van der Waals surface area contributed by atoms with Gasteiger partial charge < -0.3 is 14.3 Å². The first-order chi connectivity index (χ1) is 16.0. The monoisotopic (exact) mass is 447 g/mol. The predicted octanol–water partition coefficient (Wildman–Crippen LogP) is 4.35. The SMILES string of the molecule is C/C(=C\c1ccccc1)CN1CCc2nnc([C@@H](CC(C)C)NC(=O)c3ccco3)n2CC1. The Kier molecular flexibility index (Phi) is 7.40. The molecule has 7 nitrogen and oxygen atoms in total. The molecule has 1 N–H and O–H groups in total. The van der Waals surface area contributed by atoms with E-state index in [4.69, 9.17) is 4.42 Å². The van der Waals surface area contributed by atoms with Gasteiger partial charge in [0.15, 0.2) is 11.6 Å². The maximum Gasteiger partial charge on any atom is 0.287 e. The summed E-state index contributed by atoms with van der Waals surface area (Å²) >= 11 is 0. The lowest BCUT2D eigenvalue weighted by atomic mass is 10.0. The minimum absolute atomic E-state index is 0.213. The highest BCUT2D eigenvalue weighted by Crippen LogP contribution is 2.23. The van der Waals surface area contributed by atoms with Gasteiger partial charge in [-0.15, -0.1) is 10.2 Å². The summed E-state index contributed by atoms with van der Waals surface area (Å²) in [4.78, 5) is 15.1. The summed E-state index contributed by atoms with van der Waals surface area (Å²) in [6.07, 6.45) is 5.39. The molecule has 3 heterocycles. The van der Waals surface area contributed by atoms with Crippen molar-refractivity contribution >= 4 is 12.0 Å². The van der Waals surface area contributed by atoms with E-state index in [1.165, 1.54) is 17.4 Å². The normalized spacial score (nSPS) is 15.8. The Morgan fingerprint density at radius 1 is 1.12 bits per heavy atom. The van der Waals surface area contributed by atoms with Gasteiger partial charge in [-0.2, -0.15) is 0 Å². The van der Waals surface area contributed by atoms with Crippen molar-refractivity contribution in [2.24, 2.45) is 5.92 Å². The molecule has 1 atom stereocenters. The maximum atomic E-state index is 12.7. The average molecular weight is 448 g/mol. The van der Waals surface area contributed by atoms with Crippen LogP contribution >= 0.6 is 0 Å². The third-order valence-corrected chi connectivity index (χ3v) is 5.90. The number of fused-ring (bicyclic) bond motifs is 1. The number of furan rings is 1. The van der Waals surface area contributed by atoms with Crippen LogP contribution in [0.5, 0.6) is 0 Å². The van der Waals surface area contributed by atoms with E-state index in [2.05, 4.69) is 76.1 Å². The molecule has 1 aliphatic rings. The molecule has 0 saturated carbocycles. The number of benzene rings is 1. The average Bonchev–Trinajstić information content (AvgIpc) is 3.42. The first-order valence-corrected chi connectivity index (χ1v) is 11.7. The van der Waals surface area contributed by atoms with Gasteiger partial charge in [-0.25, -0.2) is 0 Å². The molecule has 174 valence electrons. The van der Waals surface area contributed by atoms with Crippen molar-refractivity contribution in [2.75, 3.05) is 19.6 Å². The zero-order valence-corrected chi connectivity index (χ0v) is 19.7. The molecule has 1 aliphatic heterocycles. The number of hydrogen-bond acceptors (Lipinski definition) is 5. The van der Waals surface area contributed by atoms with Crippen LogP contribution in [0.15, 0.2) is 58.7 Å². The van der Waals surface area contributed by atoms with Gasteiger partial charge in [0.25, 0.3) is 5.91 Å². The zero-order chi connectivity index (χ0) is 23.2. The van der Waals surface area contributed by atoms with E-state index in [-0.39, 0.29) is 11.9 Å². The van der Waals surface area contributed by atoms with Crippen LogP contribution in [-0.2, 0) is 13.0 Å². The van der Waals surface area contributed by atoms with E-state index in [0.717, 1.165) is 50.7 Å². The van der Waals surface area contributed by atoms with Crippen molar-refractivity contribution in [3.8, 4) is 0 Å². The van der Waals surface area contributed by atoms with Crippen molar-refractivity contribution in [2.45, 2.75) is 46.2 Å². The van der Waals surface area contributed by atoms with Gasteiger partial charge in [-0.3, -0.25) is 9.69 Å². The minimum atomic E-state index is -0.222. The Hall–Kier alpha value is -3.19. The van der Waals surface area contributed by atoms with Gasteiger partial charge in [0, 0.05) is 32.6 Å². The van der Waals surface area contributed by atoms with E-state index < -0.39 is 0 Å². The third-order valence-electron chi connectivity index (χ3n) is 5.90. The van der Waals surface area contributed by atoms with Crippen molar-refractivity contribution in [3.05, 3.63) is 77.3 Å². The molecule has 0 bridgehead atoms. The number of amides is 1. The summed E-state index contributed by atoms with van der Waals surface area (Å²) in [6, 6.07) is 13.6. The van der Waals surface area contributed by atoms with Gasteiger partial charge in [-0.1, -0.05) is 55.8 Å². The largest absolute Gasteiger partial charge is 0.459 e. The van der Waals surface area contributed by atoms with E-state index in [9.17, 15) is 4.79 Å². The number of hydrogen-bond donors (Lipinski definition) is 1. The third kappa shape index (κ3) is 5.99. The number of aromatic nitrogens is 3. The highest BCUT2D eigenvalue weighted by molar-refractivity contribution is 5.91. The Morgan fingerprint density at radius 2 is 1.94 bits per heavy atom. The first kappa shape index (κ1) is 23.0. The van der Waals surface area contributed by atoms with Crippen LogP contribution in [0.4, 0.5) is 0 Å². The molecule has 3 aromatic rings. The van der Waals surface area contributed by atoms with E-state index in [0.29, 0.717) is 11.7 Å². The van der Waals surface area contributed by atoms with Gasteiger partial charge in [-0.05, 0) is 37.0 Å². The van der Waals surface area contributed by atoms with Crippen LogP contribution in [0.1, 0.15) is 61.0 Å². The van der Waals surface area contributed by atoms with Crippen LogP contribution < -0.4 is 5.32 Å². The van der Waals surface area contributed by atoms with Crippen molar-refractivity contribution in [3.63, 3.8) is 0 Å². The molecule has 1 amide bonds. The number of carbonyl (C=O) groups excluding carboxylic acids is 1. The Balaban J connectivity index is 1.45. The summed E-state index contributed by atoms with van der Waals surface area (Å²) in [7, 11) is 0. The molecule has 33 heavy (non-hydrogen) atoms. The summed E-state index contributed by atoms with van der Waals surface area (Å²) in [5.74, 6) is 2.30. The van der Waals surface area contributed by atoms with Gasteiger partial charge in [0.1, 0.15) is 5.82 Å². The molecule has 0 unspecified atom stereocenters. The summed E-state index contributed by atoms with van der Waals surface area (Å²) < 4.78 is 7.48. The molecule has 4 rings (SSSR count). The summed E-state index contributed by atoms with van der Waals surface area (Å²) in [5.41, 5.74) is 2.57. The number of nitrogens with one attached hydrogen (secondary N) is 1. The van der Waals surface area contributed by atoms with Crippen molar-refractivity contribution in [1.29, 1.82) is 0 Å². The lowest BCUT2D eigenvalue weighted by Crippen LogP contribution is -2.32. The molecular formula is C26H33N5O2. The molecule has 0 radical (unpaired) electrons. The molecule has 2 aromatic heterocycles. The molecule has 7 heteroatoms. The standard InChI is InChI=1S/C26H33N5O2/c1-19(2)16-22(27-26(32)23-10-7-15-33-23)25-29-28-24-11-12-30(13-14-31(24)25)18-20(3)17-21-8-5-4-6-9-21/h4-10,15,17,19,22H,11-14,16,18H2,1-3H3,(H,27,32)/b20-17+/t22-/m1/s1. The van der Waals surface area contributed by atoms with Gasteiger partial charge >= 0.3 is 0 Å². The highest BCUT2D eigenvalue weighted by Gasteiger charge is 2.27. The molecule has 0 spiro atoms. The fourth-order valence-corrected chi connectivity index (χ4v) is 4.37. The van der Waals surface area contributed by atoms with Gasteiger partial charge in [0.05, 0.1) is 12.3 Å². The van der Waals surface area contributed by atoms with Crippen molar-refractivity contribution in [1.82, 2.24) is 25.0 Å². The second-order valence-electron chi connectivity index (χ2n) is 9.19. The number of rotatable bonds is 8. The maximum absolute atomic E-state index is 12.7. The van der Waals surface area contributed by atoms with Crippen LogP contribution in [0, 0.1) is 5.92 Å². The lowest BCUT2D eigenvalue weighted by molar-refractivity contribution is 0.0900. The molecule has 0 saturated heterocycles. The Morgan fingerprint density at radius 3 is 2.67 bits per heavy atom. The number of nitrogens with zero attached hydrogens (tertiary/aromatic N) is 4. The predicted molar refractivity (Wildman–Crippen MR) is 129 cm³/mol. The summed E-state index contributed by atoms with van der Waals surface area (Å²) in [5, 5.41) is 12.1. The zero-order valence-electron chi connectivity index (χ0n) is 19.7. The van der Waals surface area contributed by atoms with Crippen LogP contribution in [-0.4, -0.2) is 45.2 Å². The second kappa shape index (κ2) is 10.6. The van der Waals surface area contributed by atoms with Crippen LogP contribution in [0.3, 0.4) is 0 Å². The van der Waals surface area contributed by atoms with Crippen molar-refractivity contribution < 1.29 is 9.21 Å². The van der Waals surface area contributed by atoms with E-state index in [1.54, 1.807) is 12.1 Å². The molecular weight excluding hydrogens is 414 g/mol. The summed E-state index contributed by atoms with van der Waals surface area (Å²) in [6.45, 7) is 10.1. The fraction of sp³-hybridized carbons (Fsp3) is 0.423. The van der Waals surface area contributed by atoms with Crippen LogP contribution in [0.25, 0.3) is 6.08 Å². The fourth-order valence-electron chi connectivity index (χ4n) is 4.37. The minimum Gasteiger partial charge on any atom is -0.459 e. The highest BCUT2D eigenvalue weighted by atomic mass is 16.3. The first-order valence-electron chi connectivity index (χ1n) is 11.7. The smallest absolute Gasteiger partial charge is 0.287 e. The quantitative estimate of drug-likeness (QED) is 0.556.